The highest BCUT2D eigenvalue weighted by molar-refractivity contribution is 7.07. The summed E-state index contributed by atoms with van der Waals surface area (Å²) >= 11 is 1.54. The third-order valence-electron chi connectivity index (χ3n) is 1.19. The van der Waals surface area contributed by atoms with E-state index in [2.05, 4.69) is 4.98 Å². The van der Waals surface area contributed by atoms with Gasteiger partial charge < -0.3 is 10.8 Å². The molecule has 0 saturated heterocycles. The second kappa shape index (κ2) is 5.49. The second-order valence-electron chi connectivity index (χ2n) is 2.13. The third-order valence-corrected chi connectivity index (χ3v) is 1.82. The SMILES string of the molecule is Cl.NC(CO)Cc1cscn1. The van der Waals surface area contributed by atoms with Crippen LogP contribution in [0, 0.1) is 0 Å². The molecule has 1 rings (SSSR count). The fourth-order valence-electron chi connectivity index (χ4n) is 0.672. The fraction of sp³-hybridized carbons (Fsp3) is 0.500. The number of aromatic nitrogens is 1. The first-order valence-electron chi connectivity index (χ1n) is 3.06. The lowest BCUT2D eigenvalue weighted by Crippen LogP contribution is -2.26. The van der Waals surface area contributed by atoms with Crippen LogP contribution in [0.3, 0.4) is 0 Å². The molecule has 1 aromatic heterocycles. The number of rotatable bonds is 3. The van der Waals surface area contributed by atoms with E-state index in [1.165, 1.54) is 0 Å². The largest absolute Gasteiger partial charge is 0.395 e. The van der Waals surface area contributed by atoms with Crippen molar-refractivity contribution < 1.29 is 5.11 Å². The van der Waals surface area contributed by atoms with Crippen LogP contribution in [0.15, 0.2) is 10.9 Å². The number of halogens is 1. The summed E-state index contributed by atoms with van der Waals surface area (Å²) in [6.07, 6.45) is 0.667. The standard InChI is InChI=1S/C6H10N2OS.ClH/c7-5(2-9)1-6-3-10-4-8-6;/h3-5,9H,1-2,7H2;1H. The zero-order chi connectivity index (χ0) is 7.40. The lowest BCUT2D eigenvalue weighted by Gasteiger charge is -2.03. The fourth-order valence-corrected chi connectivity index (χ4v) is 1.24. The highest BCUT2D eigenvalue weighted by Crippen LogP contribution is 2.02. The third kappa shape index (κ3) is 3.67. The van der Waals surface area contributed by atoms with Gasteiger partial charge in [-0.15, -0.1) is 23.7 Å². The first kappa shape index (κ1) is 10.8. The van der Waals surface area contributed by atoms with Gasteiger partial charge in [0.1, 0.15) is 0 Å². The van der Waals surface area contributed by atoms with E-state index in [4.69, 9.17) is 10.8 Å². The van der Waals surface area contributed by atoms with Gasteiger partial charge in [-0.3, -0.25) is 0 Å². The van der Waals surface area contributed by atoms with Crippen LogP contribution < -0.4 is 5.73 Å². The molecular weight excluding hydrogens is 184 g/mol. The number of hydrogen-bond donors (Lipinski definition) is 2. The Bertz CT molecular complexity index is 181. The van der Waals surface area contributed by atoms with E-state index in [0.29, 0.717) is 6.42 Å². The second-order valence-corrected chi connectivity index (χ2v) is 2.85. The van der Waals surface area contributed by atoms with Crippen LogP contribution in [-0.2, 0) is 6.42 Å². The monoisotopic (exact) mass is 194 g/mol. The molecule has 3 N–H and O–H groups in total. The summed E-state index contributed by atoms with van der Waals surface area (Å²) in [7, 11) is 0. The van der Waals surface area contributed by atoms with Crippen LogP contribution in [-0.4, -0.2) is 22.7 Å². The van der Waals surface area contributed by atoms with E-state index >= 15 is 0 Å². The normalized spacial score (nSPS) is 12.2. The maximum Gasteiger partial charge on any atom is 0.0794 e. The average molecular weight is 195 g/mol. The van der Waals surface area contributed by atoms with E-state index < -0.39 is 0 Å². The van der Waals surface area contributed by atoms with Crippen LogP contribution in [0.2, 0.25) is 0 Å². The van der Waals surface area contributed by atoms with Crippen LogP contribution in [0.1, 0.15) is 5.69 Å². The Hall–Kier alpha value is -0.160. The van der Waals surface area contributed by atoms with Gasteiger partial charge >= 0.3 is 0 Å². The molecule has 0 aliphatic carbocycles. The lowest BCUT2D eigenvalue weighted by atomic mass is 10.2. The minimum Gasteiger partial charge on any atom is -0.395 e. The van der Waals surface area contributed by atoms with E-state index in [-0.39, 0.29) is 25.1 Å². The molecule has 1 heterocycles. The molecule has 0 aliphatic rings. The van der Waals surface area contributed by atoms with Gasteiger partial charge in [0, 0.05) is 17.8 Å². The Morgan fingerprint density at radius 3 is 2.91 bits per heavy atom. The van der Waals surface area contributed by atoms with E-state index in [1.807, 2.05) is 5.38 Å². The number of aliphatic hydroxyl groups excluding tert-OH is 1. The summed E-state index contributed by atoms with van der Waals surface area (Å²) in [5, 5.41) is 10.5. The molecule has 0 radical (unpaired) electrons. The van der Waals surface area contributed by atoms with Crippen molar-refractivity contribution in [2.45, 2.75) is 12.5 Å². The molecule has 0 spiro atoms. The molecule has 0 saturated carbocycles. The smallest absolute Gasteiger partial charge is 0.0794 e. The maximum atomic E-state index is 8.58. The molecule has 64 valence electrons. The molecule has 1 unspecified atom stereocenters. The highest BCUT2D eigenvalue weighted by atomic mass is 35.5. The van der Waals surface area contributed by atoms with Crippen molar-refractivity contribution in [2.24, 2.45) is 5.73 Å². The maximum absolute atomic E-state index is 8.58. The number of hydrogen-bond acceptors (Lipinski definition) is 4. The summed E-state index contributed by atoms with van der Waals surface area (Å²) in [5.41, 5.74) is 8.21. The van der Waals surface area contributed by atoms with Gasteiger partial charge in [-0.05, 0) is 0 Å². The number of nitrogens with zero attached hydrogens (tertiary/aromatic N) is 1. The summed E-state index contributed by atoms with van der Waals surface area (Å²) in [4.78, 5) is 4.03. The molecule has 0 bridgehead atoms. The molecule has 11 heavy (non-hydrogen) atoms. The van der Waals surface area contributed by atoms with E-state index in [0.717, 1.165) is 5.69 Å². The van der Waals surface area contributed by atoms with Crippen molar-refractivity contribution in [1.29, 1.82) is 0 Å². The Balaban J connectivity index is 0.000001000. The molecular formula is C6H11ClN2OS. The summed E-state index contributed by atoms with van der Waals surface area (Å²) < 4.78 is 0. The molecule has 5 heteroatoms. The van der Waals surface area contributed by atoms with Crippen LogP contribution in [0.5, 0.6) is 0 Å². The van der Waals surface area contributed by atoms with Crippen LogP contribution >= 0.6 is 23.7 Å². The average Bonchev–Trinajstić information content (AvgIpc) is 2.40. The van der Waals surface area contributed by atoms with Gasteiger partial charge in [-0.25, -0.2) is 4.98 Å². The lowest BCUT2D eigenvalue weighted by molar-refractivity contribution is 0.265. The molecule has 0 fully saturated rings. The minimum absolute atomic E-state index is 0. The van der Waals surface area contributed by atoms with Gasteiger partial charge in [0.15, 0.2) is 0 Å². The number of nitrogens with two attached hydrogens (primary N) is 1. The highest BCUT2D eigenvalue weighted by Gasteiger charge is 2.02. The van der Waals surface area contributed by atoms with Crippen molar-refractivity contribution in [2.75, 3.05) is 6.61 Å². The van der Waals surface area contributed by atoms with Crippen molar-refractivity contribution in [3.05, 3.63) is 16.6 Å². The number of thiazole rings is 1. The predicted molar refractivity (Wildman–Crippen MR) is 48.1 cm³/mol. The Kier molecular flexibility index (Phi) is 5.41. The Labute approximate surface area is 75.7 Å². The molecule has 3 nitrogen and oxygen atoms in total. The molecule has 0 aromatic carbocycles. The van der Waals surface area contributed by atoms with Crippen molar-refractivity contribution in [3.63, 3.8) is 0 Å². The Morgan fingerprint density at radius 1 is 1.73 bits per heavy atom. The molecule has 0 aliphatic heterocycles. The first-order valence-corrected chi connectivity index (χ1v) is 4.00. The predicted octanol–water partition coefficient (Wildman–Crippen LogP) is 0.427. The van der Waals surface area contributed by atoms with Gasteiger partial charge in [0.25, 0.3) is 0 Å². The van der Waals surface area contributed by atoms with Crippen molar-refractivity contribution in [3.8, 4) is 0 Å². The van der Waals surface area contributed by atoms with Gasteiger partial charge in [-0.2, -0.15) is 0 Å². The minimum atomic E-state index is -0.165. The quantitative estimate of drug-likeness (QED) is 0.734. The number of aliphatic hydroxyl groups is 1. The van der Waals surface area contributed by atoms with E-state index in [1.54, 1.807) is 16.8 Å². The summed E-state index contributed by atoms with van der Waals surface area (Å²) in [6, 6.07) is -0.165. The molecule has 0 amide bonds. The van der Waals surface area contributed by atoms with Gasteiger partial charge in [-0.1, -0.05) is 0 Å². The first-order chi connectivity index (χ1) is 4.83. The summed E-state index contributed by atoms with van der Waals surface area (Å²) in [5.74, 6) is 0. The van der Waals surface area contributed by atoms with Gasteiger partial charge in [0.05, 0.1) is 17.8 Å². The van der Waals surface area contributed by atoms with Crippen molar-refractivity contribution >= 4 is 23.7 Å². The van der Waals surface area contributed by atoms with Crippen LogP contribution in [0.25, 0.3) is 0 Å². The van der Waals surface area contributed by atoms with Crippen LogP contribution in [0.4, 0.5) is 0 Å². The summed E-state index contributed by atoms with van der Waals surface area (Å²) in [6.45, 7) is 0.0253. The van der Waals surface area contributed by atoms with Gasteiger partial charge in [0.2, 0.25) is 0 Å². The Morgan fingerprint density at radius 2 is 2.45 bits per heavy atom. The van der Waals surface area contributed by atoms with Crippen molar-refractivity contribution in [1.82, 2.24) is 4.98 Å². The van der Waals surface area contributed by atoms with E-state index in [9.17, 15) is 0 Å². The molecule has 1 aromatic rings. The zero-order valence-corrected chi connectivity index (χ0v) is 7.57. The zero-order valence-electron chi connectivity index (χ0n) is 5.93. The topological polar surface area (TPSA) is 59.1 Å². The molecule has 1 atom stereocenters.